The molecule has 0 fully saturated rings. The van der Waals surface area contributed by atoms with Crippen LogP contribution < -0.4 is 0 Å². The molecule has 80 valence electrons. The van der Waals surface area contributed by atoms with Crippen molar-refractivity contribution in [3.8, 4) is 0 Å². The van der Waals surface area contributed by atoms with Crippen molar-refractivity contribution in [2.45, 2.75) is 12.3 Å². The summed E-state index contributed by atoms with van der Waals surface area (Å²) >= 11 is 5.52. The number of Topliss-reactive ketones (excluding diaryl/α,β-unsaturated/α-hetero) is 1. The van der Waals surface area contributed by atoms with E-state index in [1.807, 2.05) is 0 Å². The lowest BCUT2D eigenvalue weighted by Gasteiger charge is -2.13. The monoisotopic (exact) mass is 232 g/mol. The topological polar surface area (TPSA) is 34.1 Å². The predicted molar refractivity (Wildman–Crippen MR) is 51.0 cm³/mol. The van der Waals surface area contributed by atoms with Crippen molar-refractivity contribution in [3.05, 3.63) is 34.9 Å². The second-order valence-electron chi connectivity index (χ2n) is 2.88. The smallest absolute Gasteiger partial charge is 0.303 e. The van der Waals surface area contributed by atoms with Gasteiger partial charge in [0.25, 0.3) is 0 Å². The summed E-state index contributed by atoms with van der Waals surface area (Å²) in [4.78, 5) is 20.9. The number of rotatable bonds is 4. The van der Waals surface area contributed by atoms with Crippen molar-refractivity contribution in [1.82, 2.24) is 0 Å². The summed E-state index contributed by atoms with van der Waals surface area (Å²) in [7, 11) is 0. The number of aldehydes is 1. The first-order chi connectivity index (χ1) is 6.98. The number of benzene rings is 1. The highest BCUT2D eigenvalue weighted by Gasteiger charge is 2.39. The lowest BCUT2D eigenvalue weighted by molar-refractivity contribution is -0.145. The van der Waals surface area contributed by atoms with Crippen LogP contribution in [0.25, 0.3) is 0 Å². The minimum Gasteiger partial charge on any atom is -0.303 e. The largest absolute Gasteiger partial charge is 0.330 e. The SMILES string of the molecule is O=CCC(=O)C(F)(F)c1ccc(Cl)cc1. The molecule has 1 aromatic rings. The molecule has 0 saturated carbocycles. The Bertz CT molecular complexity index is 374. The number of ketones is 1. The first-order valence-electron chi connectivity index (χ1n) is 4.09. The Hall–Kier alpha value is -1.29. The Kier molecular flexibility index (Phi) is 3.52. The maximum absolute atomic E-state index is 13.3. The van der Waals surface area contributed by atoms with E-state index in [0.29, 0.717) is 5.02 Å². The Morgan fingerprint density at radius 2 is 1.87 bits per heavy atom. The van der Waals surface area contributed by atoms with Crippen LogP contribution >= 0.6 is 11.6 Å². The van der Waals surface area contributed by atoms with Crippen LogP contribution in [0, 0.1) is 0 Å². The molecule has 0 N–H and O–H groups in total. The van der Waals surface area contributed by atoms with Crippen molar-refractivity contribution >= 4 is 23.7 Å². The Morgan fingerprint density at radius 1 is 1.33 bits per heavy atom. The molecule has 2 nitrogen and oxygen atoms in total. The maximum atomic E-state index is 13.3. The summed E-state index contributed by atoms with van der Waals surface area (Å²) in [6.45, 7) is 0. The van der Waals surface area contributed by atoms with Crippen molar-refractivity contribution < 1.29 is 18.4 Å². The lowest BCUT2D eigenvalue weighted by Crippen LogP contribution is -2.26. The molecule has 0 aliphatic heterocycles. The summed E-state index contributed by atoms with van der Waals surface area (Å²) in [6, 6.07) is 4.65. The third-order valence-electron chi connectivity index (χ3n) is 1.83. The molecular weight excluding hydrogens is 226 g/mol. The van der Waals surface area contributed by atoms with Crippen molar-refractivity contribution in [2.75, 3.05) is 0 Å². The van der Waals surface area contributed by atoms with Gasteiger partial charge in [-0.2, -0.15) is 8.78 Å². The molecule has 5 heteroatoms. The summed E-state index contributed by atoms with van der Waals surface area (Å²) in [5.41, 5.74) is -0.459. The zero-order valence-electron chi connectivity index (χ0n) is 7.54. The minimum atomic E-state index is -3.63. The fourth-order valence-electron chi connectivity index (χ4n) is 1.02. The Morgan fingerprint density at radius 3 is 2.33 bits per heavy atom. The number of carbonyl (C=O) groups is 2. The first-order valence-corrected chi connectivity index (χ1v) is 4.47. The van der Waals surface area contributed by atoms with Crippen molar-refractivity contribution in [2.24, 2.45) is 0 Å². The molecule has 0 amide bonds. The maximum Gasteiger partial charge on any atom is 0.330 e. The highest BCUT2D eigenvalue weighted by molar-refractivity contribution is 6.30. The molecule has 0 saturated heterocycles. The molecule has 0 aliphatic rings. The first kappa shape index (κ1) is 11.8. The van der Waals surface area contributed by atoms with Gasteiger partial charge in [-0.25, -0.2) is 0 Å². The molecule has 1 aromatic carbocycles. The average molecular weight is 233 g/mol. The van der Waals surface area contributed by atoms with E-state index in [1.165, 1.54) is 12.1 Å². The highest BCUT2D eigenvalue weighted by Crippen LogP contribution is 2.30. The quantitative estimate of drug-likeness (QED) is 0.591. The van der Waals surface area contributed by atoms with Gasteiger partial charge in [0.15, 0.2) is 0 Å². The average Bonchev–Trinajstić information content (AvgIpc) is 2.18. The zero-order chi connectivity index (χ0) is 11.5. The van der Waals surface area contributed by atoms with Gasteiger partial charge in [0.05, 0.1) is 6.42 Å². The van der Waals surface area contributed by atoms with Crippen LogP contribution in [-0.4, -0.2) is 12.1 Å². The van der Waals surface area contributed by atoms with Crippen molar-refractivity contribution in [3.63, 3.8) is 0 Å². The lowest BCUT2D eigenvalue weighted by atomic mass is 10.0. The van der Waals surface area contributed by atoms with Gasteiger partial charge in [-0.1, -0.05) is 23.7 Å². The fourth-order valence-corrected chi connectivity index (χ4v) is 1.15. The predicted octanol–water partition coefficient (Wildman–Crippen LogP) is 2.59. The van der Waals surface area contributed by atoms with Gasteiger partial charge >= 0.3 is 5.92 Å². The number of hydrogen-bond donors (Lipinski definition) is 0. The molecule has 1 rings (SSSR count). The number of carbonyl (C=O) groups excluding carboxylic acids is 2. The van der Waals surface area contributed by atoms with Gasteiger partial charge in [-0.3, -0.25) is 4.79 Å². The fraction of sp³-hybridized carbons (Fsp3) is 0.200. The highest BCUT2D eigenvalue weighted by atomic mass is 35.5. The van der Waals surface area contributed by atoms with E-state index in [2.05, 4.69) is 0 Å². The number of hydrogen-bond acceptors (Lipinski definition) is 2. The van der Waals surface area contributed by atoms with E-state index in [-0.39, 0.29) is 6.29 Å². The molecular formula is C10H7ClF2O2. The summed E-state index contributed by atoms with van der Waals surface area (Å²) in [6.07, 6.45) is -0.637. The Labute approximate surface area is 89.8 Å². The number of alkyl halides is 2. The van der Waals surface area contributed by atoms with E-state index in [4.69, 9.17) is 11.6 Å². The summed E-state index contributed by atoms with van der Waals surface area (Å²) in [5.74, 6) is -5.05. The molecule has 0 spiro atoms. The van der Waals surface area contributed by atoms with Gasteiger partial charge in [0, 0.05) is 10.6 Å². The molecule has 0 unspecified atom stereocenters. The Balaban J connectivity index is 2.99. The van der Waals surface area contributed by atoms with Gasteiger partial charge in [-0.15, -0.1) is 0 Å². The van der Waals surface area contributed by atoms with Gasteiger partial charge in [0.2, 0.25) is 5.78 Å². The van der Waals surface area contributed by atoms with E-state index in [9.17, 15) is 18.4 Å². The third kappa shape index (κ3) is 2.59. The van der Waals surface area contributed by atoms with E-state index in [1.54, 1.807) is 0 Å². The molecule has 0 radical (unpaired) electrons. The van der Waals surface area contributed by atoms with Crippen LogP contribution in [0.4, 0.5) is 8.78 Å². The molecule has 0 aromatic heterocycles. The normalized spacial score (nSPS) is 11.1. The molecule has 0 aliphatic carbocycles. The van der Waals surface area contributed by atoms with E-state index >= 15 is 0 Å². The van der Waals surface area contributed by atoms with E-state index in [0.717, 1.165) is 12.1 Å². The van der Waals surface area contributed by atoms with E-state index < -0.39 is 23.7 Å². The third-order valence-corrected chi connectivity index (χ3v) is 2.08. The van der Waals surface area contributed by atoms with Gasteiger partial charge in [0.1, 0.15) is 6.29 Å². The van der Waals surface area contributed by atoms with Crippen LogP contribution in [0.3, 0.4) is 0 Å². The number of halogens is 3. The van der Waals surface area contributed by atoms with Crippen LogP contribution in [0.5, 0.6) is 0 Å². The van der Waals surface area contributed by atoms with Crippen LogP contribution in [-0.2, 0) is 15.5 Å². The van der Waals surface area contributed by atoms with Gasteiger partial charge in [-0.05, 0) is 12.1 Å². The standard InChI is InChI=1S/C10H7ClF2O2/c11-8-3-1-7(2-4-8)10(12,13)9(15)5-6-14/h1-4,6H,5H2. The minimum absolute atomic E-state index is 0.159. The summed E-state index contributed by atoms with van der Waals surface area (Å²) in [5, 5.41) is 0.303. The molecule has 0 heterocycles. The summed E-state index contributed by atoms with van der Waals surface area (Å²) < 4.78 is 26.6. The van der Waals surface area contributed by atoms with Crippen molar-refractivity contribution in [1.29, 1.82) is 0 Å². The molecule has 0 atom stereocenters. The van der Waals surface area contributed by atoms with Crippen LogP contribution in [0.2, 0.25) is 5.02 Å². The zero-order valence-corrected chi connectivity index (χ0v) is 8.30. The molecule has 15 heavy (non-hydrogen) atoms. The van der Waals surface area contributed by atoms with Gasteiger partial charge < -0.3 is 4.79 Å². The second-order valence-corrected chi connectivity index (χ2v) is 3.31. The van der Waals surface area contributed by atoms with Crippen LogP contribution in [0.1, 0.15) is 12.0 Å². The second kappa shape index (κ2) is 4.49. The van der Waals surface area contributed by atoms with Crippen LogP contribution in [0.15, 0.2) is 24.3 Å². The molecule has 0 bridgehead atoms.